The molecule has 1 aliphatic rings. The minimum Gasteiger partial charge on any atom is -0.414 e. The maximum Gasteiger partial charge on any atom is 0.209 e. The number of hydrogen-bond acceptors (Lipinski definition) is 4. The van der Waals surface area contributed by atoms with E-state index in [9.17, 15) is 14.9 Å². The normalized spacial score (nSPS) is 23.2. The van der Waals surface area contributed by atoms with Crippen LogP contribution in [-0.4, -0.2) is 31.7 Å². The highest BCUT2D eigenvalue weighted by atomic mass is 28.4. The lowest BCUT2D eigenvalue weighted by Gasteiger charge is -2.41. The van der Waals surface area contributed by atoms with E-state index in [0.29, 0.717) is 6.42 Å². The maximum atomic E-state index is 12.2. The number of ketones is 1. The van der Waals surface area contributed by atoms with Crippen LogP contribution in [0.15, 0.2) is 0 Å². The number of Topliss-reactive ketones (excluding diaryl/α,β-unsaturated/α-hetero) is 1. The zero-order chi connectivity index (χ0) is 17.1. The first-order valence-corrected chi connectivity index (χ1v) is 11.2. The lowest BCUT2D eigenvalue weighted by molar-refractivity contribution is -0.491. The van der Waals surface area contributed by atoms with Gasteiger partial charge < -0.3 is 4.43 Å². The molecule has 0 aromatic heterocycles. The Balaban J connectivity index is 2.91. The molecule has 1 saturated carbocycles. The van der Waals surface area contributed by atoms with E-state index in [1.165, 1.54) is 0 Å². The lowest BCUT2D eigenvalue weighted by atomic mass is 9.77. The van der Waals surface area contributed by atoms with Crippen LogP contribution in [0.3, 0.4) is 0 Å². The first-order chi connectivity index (χ1) is 9.95. The molecule has 3 atom stereocenters. The Hall–Kier alpha value is -0.753. The van der Waals surface area contributed by atoms with Crippen LogP contribution in [0.1, 0.15) is 53.4 Å². The van der Waals surface area contributed by atoms with Crippen LogP contribution in [0.25, 0.3) is 0 Å². The first kappa shape index (κ1) is 19.3. The molecule has 1 aliphatic carbocycles. The molecule has 1 rings (SSSR count). The van der Waals surface area contributed by atoms with E-state index < -0.39 is 8.32 Å². The molecule has 0 amide bonds. The molecule has 0 aliphatic heterocycles. The third kappa shape index (κ3) is 4.88. The van der Waals surface area contributed by atoms with Gasteiger partial charge in [0.1, 0.15) is 5.78 Å². The van der Waals surface area contributed by atoms with Crippen LogP contribution in [0.5, 0.6) is 0 Å². The second kappa shape index (κ2) is 7.21. The molecule has 0 radical (unpaired) electrons. The summed E-state index contributed by atoms with van der Waals surface area (Å²) in [5.41, 5.74) is 0. The molecule has 0 saturated heterocycles. The van der Waals surface area contributed by atoms with E-state index in [2.05, 4.69) is 33.9 Å². The van der Waals surface area contributed by atoms with Gasteiger partial charge in [0.05, 0.1) is 12.0 Å². The van der Waals surface area contributed by atoms with E-state index in [1.807, 2.05) is 6.92 Å². The van der Waals surface area contributed by atoms with Crippen molar-refractivity contribution in [3.05, 3.63) is 10.1 Å². The van der Waals surface area contributed by atoms with Crippen molar-refractivity contribution in [2.24, 2.45) is 11.8 Å². The molecular weight excluding hydrogens is 298 g/mol. The molecule has 0 aromatic carbocycles. The maximum absolute atomic E-state index is 12.2. The Morgan fingerprint density at radius 3 is 2.41 bits per heavy atom. The van der Waals surface area contributed by atoms with E-state index >= 15 is 0 Å². The summed E-state index contributed by atoms with van der Waals surface area (Å²) in [5.74, 6) is -0.334. The van der Waals surface area contributed by atoms with Crippen LogP contribution in [0, 0.1) is 22.0 Å². The number of nitro groups is 1. The third-order valence-corrected chi connectivity index (χ3v) is 9.94. The largest absolute Gasteiger partial charge is 0.414 e. The van der Waals surface area contributed by atoms with Gasteiger partial charge in [0.15, 0.2) is 8.32 Å². The van der Waals surface area contributed by atoms with Crippen molar-refractivity contribution in [3.63, 3.8) is 0 Å². The SMILES string of the molecule is C[C@H](O[Si](C)(C)C(C)(C)C)C(C[N+](=O)[O-])C1CCCCC1=O. The Labute approximate surface area is 135 Å². The van der Waals surface area contributed by atoms with Crippen molar-refractivity contribution < 1.29 is 14.1 Å². The summed E-state index contributed by atoms with van der Waals surface area (Å²) in [4.78, 5) is 23.0. The van der Waals surface area contributed by atoms with Gasteiger partial charge >= 0.3 is 0 Å². The fourth-order valence-electron chi connectivity index (χ4n) is 2.97. The van der Waals surface area contributed by atoms with Crippen molar-refractivity contribution in [2.75, 3.05) is 6.54 Å². The molecule has 0 aromatic rings. The van der Waals surface area contributed by atoms with Crippen molar-refractivity contribution in [1.82, 2.24) is 0 Å². The highest BCUT2D eigenvalue weighted by Gasteiger charge is 2.43. The quantitative estimate of drug-likeness (QED) is 0.419. The molecule has 0 N–H and O–H groups in total. The summed E-state index contributed by atoms with van der Waals surface area (Å²) >= 11 is 0. The van der Waals surface area contributed by atoms with E-state index in [0.717, 1.165) is 19.3 Å². The first-order valence-electron chi connectivity index (χ1n) is 8.28. The minimum atomic E-state index is -2.00. The van der Waals surface area contributed by atoms with Crippen LogP contribution in [0.4, 0.5) is 0 Å². The lowest BCUT2D eigenvalue weighted by Crippen LogP contribution is -2.48. The minimum absolute atomic E-state index is 0.0526. The van der Waals surface area contributed by atoms with Crippen molar-refractivity contribution in [2.45, 2.75) is 77.6 Å². The van der Waals surface area contributed by atoms with Crippen molar-refractivity contribution >= 4 is 14.1 Å². The van der Waals surface area contributed by atoms with Gasteiger partial charge in [0.2, 0.25) is 6.54 Å². The Morgan fingerprint density at radius 2 is 1.95 bits per heavy atom. The number of nitrogens with zero attached hydrogens (tertiary/aromatic N) is 1. The number of rotatable bonds is 6. The van der Waals surface area contributed by atoms with Gasteiger partial charge in [-0.05, 0) is 37.9 Å². The van der Waals surface area contributed by atoms with Gasteiger partial charge in [-0.1, -0.05) is 27.2 Å². The predicted octanol–water partition coefficient (Wildman–Crippen LogP) is 4.05. The van der Waals surface area contributed by atoms with Gasteiger partial charge in [-0.3, -0.25) is 14.9 Å². The Morgan fingerprint density at radius 1 is 1.36 bits per heavy atom. The van der Waals surface area contributed by atoms with Gasteiger partial charge in [0.25, 0.3) is 0 Å². The average molecular weight is 330 g/mol. The van der Waals surface area contributed by atoms with Crippen molar-refractivity contribution in [1.29, 1.82) is 0 Å². The van der Waals surface area contributed by atoms with Crippen molar-refractivity contribution in [3.8, 4) is 0 Å². The van der Waals surface area contributed by atoms with Crippen LogP contribution >= 0.6 is 0 Å². The van der Waals surface area contributed by atoms with Gasteiger partial charge in [-0.25, -0.2) is 0 Å². The summed E-state index contributed by atoms with van der Waals surface area (Å²) in [6.45, 7) is 12.5. The smallest absolute Gasteiger partial charge is 0.209 e. The van der Waals surface area contributed by atoms with E-state index in [4.69, 9.17) is 4.43 Å². The number of hydrogen-bond donors (Lipinski definition) is 0. The number of carbonyl (C=O) groups is 1. The average Bonchev–Trinajstić information content (AvgIpc) is 2.34. The van der Waals surface area contributed by atoms with Gasteiger partial charge in [-0.2, -0.15) is 0 Å². The summed E-state index contributed by atoms with van der Waals surface area (Å²) in [5, 5.41) is 11.1. The molecule has 0 spiro atoms. The topological polar surface area (TPSA) is 69.4 Å². The highest BCUT2D eigenvalue weighted by molar-refractivity contribution is 6.74. The zero-order valence-corrected chi connectivity index (χ0v) is 15.8. The Bertz CT molecular complexity index is 417. The highest BCUT2D eigenvalue weighted by Crippen LogP contribution is 2.39. The molecule has 22 heavy (non-hydrogen) atoms. The van der Waals surface area contributed by atoms with Gasteiger partial charge in [-0.15, -0.1) is 0 Å². The molecule has 0 bridgehead atoms. The second-order valence-corrected chi connectivity index (χ2v) is 12.8. The predicted molar refractivity (Wildman–Crippen MR) is 90.1 cm³/mol. The van der Waals surface area contributed by atoms with Crippen LogP contribution in [-0.2, 0) is 9.22 Å². The van der Waals surface area contributed by atoms with E-state index in [1.54, 1.807) is 0 Å². The fourth-order valence-corrected chi connectivity index (χ4v) is 4.42. The number of carbonyl (C=O) groups excluding carboxylic acids is 1. The monoisotopic (exact) mass is 329 g/mol. The molecule has 2 unspecified atom stereocenters. The van der Waals surface area contributed by atoms with Gasteiger partial charge in [0, 0.05) is 17.3 Å². The molecule has 0 heterocycles. The van der Waals surface area contributed by atoms with E-state index in [-0.39, 0.29) is 40.2 Å². The second-order valence-electron chi connectivity index (χ2n) is 8.08. The zero-order valence-electron chi connectivity index (χ0n) is 14.8. The summed E-state index contributed by atoms with van der Waals surface area (Å²) < 4.78 is 6.35. The fraction of sp³-hybridized carbons (Fsp3) is 0.938. The molecule has 6 heteroatoms. The molecule has 1 fully saturated rings. The standard InChI is InChI=1S/C16H31NO4Si/c1-12(21-22(5,6)16(2,3)4)14(11-17(19)20)13-9-7-8-10-15(13)18/h12-14H,7-11H2,1-6H3/t12-,13?,14?/m0/s1. The molecule has 128 valence electrons. The Kier molecular flexibility index (Phi) is 6.33. The molecule has 5 nitrogen and oxygen atoms in total. The summed E-state index contributed by atoms with van der Waals surface area (Å²) in [6.07, 6.45) is 2.97. The molecular formula is C16H31NO4Si. The summed E-state index contributed by atoms with van der Waals surface area (Å²) in [7, 11) is -2.00. The summed E-state index contributed by atoms with van der Waals surface area (Å²) in [6, 6.07) is 0. The van der Waals surface area contributed by atoms with Crippen LogP contribution in [0.2, 0.25) is 18.1 Å². The third-order valence-electron chi connectivity index (χ3n) is 5.37. The van der Waals surface area contributed by atoms with Crippen LogP contribution < -0.4 is 0 Å².